The predicted octanol–water partition coefficient (Wildman–Crippen LogP) is 4.11. The molecule has 3 rings (SSSR count). The highest BCUT2D eigenvalue weighted by molar-refractivity contribution is 9.10. The van der Waals surface area contributed by atoms with Crippen LogP contribution in [0.3, 0.4) is 0 Å². The van der Waals surface area contributed by atoms with Gasteiger partial charge in [-0.05, 0) is 55.8 Å². The van der Waals surface area contributed by atoms with Crippen LogP contribution in [0.2, 0.25) is 0 Å². The van der Waals surface area contributed by atoms with Crippen LogP contribution < -0.4 is 20.7 Å². The molecule has 0 aliphatic carbocycles. The summed E-state index contributed by atoms with van der Waals surface area (Å²) in [5, 5.41) is 8.38. The number of nitrogens with one attached hydrogen (secondary N) is 3. The van der Waals surface area contributed by atoms with Crippen molar-refractivity contribution >= 4 is 33.6 Å². The molecule has 0 unspecified atom stereocenters. The number of rotatable bonds is 5. The van der Waals surface area contributed by atoms with Crippen LogP contribution in [-0.4, -0.2) is 18.5 Å². The van der Waals surface area contributed by atoms with Crippen molar-refractivity contribution in [2.75, 3.05) is 11.9 Å². The molecule has 3 amide bonds. The summed E-state index contributed by atoms with van der Waals surface area (Å²) in [7, 11) is 0. The minimum absolute atomic E-state index is 0.283. The number of halogens is 1. The second-order valence-electron chi connectivity index (χ2n) is 6.04. The summed E-state index contributed by atoms with van der Waals surface area (Å²) in [6.45, 7) is 4.21. The summed E-state index contributed by atoms with van der Waals surface area (Å²) in [5.41, 5.74) is 2.44. The van der Waals surface area contributed by atoms with Crippen molar-refractivity contribution in [1.82, 2.24) is 10.6 Å². The molecule has 7 heteroatoms. The maximum atomic E-state index is 13.0. The fraction of sp³-hybridized carbons (Fsp3) is 0.200. The lowest BCUT2D eigenvalue weighted by molar-refractivity contribution is -0.113. The van der Waals surface area contributed by atoms with Crippen molar-refractivity contribution in [2.24, 2.45) is 0 Å². The molecule has 1 atom stereocenters. The zero-order chi connectivity index (χ0) is 19.4. The van der Waals surface area contributed by atoms with E-state index >= 15 is 0 Å². The molecule has 2 aromatic carbocycles. The molecule has 0 saturated heterocycles. The number of carbonyl (C=O) groups is 2. The molecule has 0 saturated carbocycles. The van der Waals surface area contributed by atoms with Crippen LogP contribution in [0.25, 0.3) is 0 Å². The van der Waals surface area contributed by atoms with E-state index in [0.717, 1.165) is 15.8 Å². The molecule has 3 N–H and O–H groups in total. The summed E-state index contributed by atoms with van der Waals surface area (Å²) in [5.74, 6) is 0.457. The molecule has 0 spiro atoms. The molecule has 0 fully saturated rings. The molecule has 6 nitrogen and oxygen atoms in total. The lowest BCUT2D eigenvalue weighted by atomic mass is 9.95. The third kappa shape index (κ3) is 4.49. The van der Waals surface area contributed by atoms with Crippen LogP contribution in [0.4, 0.5) is 10.5 Å². The zero-order valence-electron chi connectivity index (χ0n) is 15.0. The zero-order valence-corrected chi connectivity index (χ0v) is 16.6. The van der Waals surface area contributed by atoms with E-state index < -0.39 is 6.04 Å². The summed E-state index contributed by atoms with van der Waals surface area (Å²) in [6.07, 6.45) is 0. The average molecular weight is 430 g/mol. The van der Waals surface area contributed by atoms with Gasteiger partial charge < -0.3 is 20.7 Å². The first-order valence-corrected chi connectivity index (χ1v) is 9.35. The monoisotopic (exact) mass is 429 g/mol. The van der Waals surface area contributed by atoms with Gasteiger partial charge in [-0.2, -0.15) is 0 Å². The Labute approximate surface area is 166 Å². The standard InChI is InChI=1S/C20H20BrN3O3/c1-3-27-16-9-7-15(8-10-16)23-19(25)17-12(2)22-20(26)24-18(17)13-5-4-6-14(21)11-13/h4-11,18H,3H2,1-2H3,(H,23,25)(H2,22,24,26)/t18-/m0/s1. The predicted molar refractivity (Wildman–Crippen MR) is 107 cm³/mol. The van der Waals surface area contributed by atoms with E-state index in [9.17, 15) is 9.59 Å². The first-order chi connectivity index (χ1) is 13.0. The van der Waals surface area contributed by atoms with Gasteiger partial charge in [-0.15, -0.1) is 0 Å². The molecule has 0 radical (unpaired) electrons. The van der Waals surface area contributed by atoms with Crippen LogP contribution in [0.1, 0.15) is 25.5 Å². The van der Waals surface area contributed by atoms with Crippen molar-refractivity contribution in [3.05, 3.63) is 69.8 Å². The van der Waals surface area contributed by atoms with Crippen molar-refractivity contribution in [2.45, 2.75) is 19.9 Å². The van der Waals surface area contributed by atoms with Crippen LogP contribution >= 0.6 is 15.9 Å². The Hall–Kier alpha value is -2.80. The number of allylic oxidation sites excluding steroid dienone is 1. The average Bonchev–Trinajstić information content (AvgIpc) is 2.63. The highest BCUT2D eigenvalue weighted by atomic mass is 79.9. The van der Waals surface area contributed by atoms with Gasteiger partial charge in [-0.1, -0.05) is 28.1 Å². The number of anilines is 1. The SMILES string of the molecule is CCOc1ccc(NC(=O)C2=C(C)NC(=O)N[C@H]2c2cccc(Br)c2)cc1. The fourth-order valence-corrected chi connectivity index (χ4v) is 3.35. The van der Waals surface area contributed by atoms with Crippen LogP contribution in [0, 0.1) is 0 Å². The molecule has 0 aromatic heterocycles. The molecule has 2 aromatic rings. The quantitative estimate of drug-likeness (QED) is 0.668. The van der Waals surface area contributed by atoms with Gasteiger partial charge in [0.1, 0.15) is 5.75 Å². The number of ether oxygens (including phenoxy) is 1. The van der Waals surface area contributed by atoms with Gasteiger partial charge in [-0.25, -0.2) is 4.79 Å². The van der Waals surface area contributed by atoms with Crippen molar-refractivity contribution in [3.63, 3.8) is 0 Å². The third-order valence-electron chi connectivity index (χ3n) is 4.12. The van der Waals surface area contributed by atoms with Gasteiger partial charge in [0.2, 0.25) is 0 Å². The number of carbonyl (C=O) groups excluding carboxylic acids is 2. The Morgan fingerprint density at radius 1 is 1.22 bits per heavy atom. The highest BCUT2D eigenvalue weighted by Crippen LogP contribution is 2.29. The van der Waals surface area contributed by atoms with Crippen LogP contribution in [0.15, 0.2) is 64.3 Å². The van der Waals surface area contributed by atoms with E-state index in [0.29, 0.717) is 23.6 Å². The maximum absolute atomic E-state index is 13.0. The maximum Gasteiger partial charge on any atom is 0.319 e. The van der Waals surface area contributed by atoms with Crippen molar-refractivity contribution in [1.29, 1.82) is 0 Å². The first kappa shape index (κ1) is 19.0. The van der Waals surface area contributed by atoms with E-state index in [4.69, 9.17) is 4.74 Å². The summed E-state index contributed by atoms with van der Waals surface area (Å²) in [4.78, 5) is 24.9. The summed E-state index contributed by atoms with van der Waals surface area (Å²) in [6, 6.07) is 13.8. The van der Waals surface area contributed by atoms with E-state index in [1.165, 1.54) is 0 Å². The number of benzene rings is 2. The minimum atomic E-state index is -0.543. The Kier molecular flexibility index (Phi) is 5.81. The first-order valence-electron chi connectivity index (χ1n) is 8.56. The molecule has 1 aliphatic heterocycles. The Balaban J connectivity index is 1.87. The molecule has 27 heavy (non-hydrogen) atoms. The topological polar surface area (TPSA) is 79.5 Å². The van der Waals surface area contributed by atoms with Gasteiger partial charge in [0.05, 0.1) is 18.2 Å². The number of amides is 3. The van der Waals surface area contributed by atoms with Gasteiger partial charge in [0.15, 0.2) is 0 Å². The lowest BCUT2D eigenvalue weighted by Crippen LogP contribution is -2.45. The molecular weight excluding hydrogens is 410 g/mol. The van der Waals surface area contributed by atoms with E-state index in [1.54, 1.807) is 31.2 Å². The second kappa shape index (κ2) is 8.26. The third-order valence-corrected chi connectivity index (χ3v) is 4.61. The Morgan fingerprint density at radius 2 is 1.96 bits per heavy atom. The number of urea groups is 1. The fourth-order valence-electron chi connectivity index (χ4n) is 2.93. The van der Waals surface area contributed by atoms with Gasteiger partial charge in [0, 0.05) is 15.9 Å². The lowest BCUT2D eigenvalue weighted by Gasteiger charge is -2.28. The van der Waals surface area contributed by atoms with E-state index in [2.05, 4.69) is 31.9 Å². The van der Waals surface area contributed by atoms with Crippen LogP contribution in [0.5, 0.6) is 5.75 Å². The largest absolute Gasteiger partial charge is 0.494 e. The minimum Gasteiger partial charge on any atom is -0.494 e. The molecular formula is C20H20BrN3O3. The van der Waals surface area contributed by atoms with Gasteiger partial charge in [-0.3, -0.25) is 4.79 Å². The second-order valence-corrected chi connectivity index (χ2v) is 6.95. The normalized spacial score (nSPS) is 16.4. The van der Waals surface area contributed by atoms with E-state index in [-0.39, 0.29) is 11.9 Å². The molecule has 140 valence electrons. The Morgan fingerprint density at radius 3 is 2.63 bits per heavy atom. The van der Waals surface area contributed by atoms with E-state index in [1.807, 2.05) is 31.2 Å². The van der Waals surface area contributed by atoms with Crippen molar-refractivity contribution < 1.29 is 14.3 Å². The van der Waals surface area contributed by atoms with Gasteiger partial charge >= 0.3 is 6.03 Å². The summed E-state index contributed by atoms with van der Waals surface area (Å²) < 4.78 is 6.29. The van der Waals surface area contributed by atoms with Crippen molar-refractivity contribution in [3.8, 4) is 5.75 Å². The number of hydrogen-bond acceptors (Lipinski definition) is 3. The van der Waals surface area contributed by atoms with Gasteiger partial charge in [0.25, 0.3) is 5.91 Å². The molecule has 0 bridgehead atoms. The smallest absolute Gasteiger partial charge is 0.319 e. The molecule has 1 heterocycles. The highest BCUT2D eigenvalue weighted by Gasteiger charge is 2.31. The summed E-state index contributed by atoms with van der Waals surface area (Å²) >= 11 is 3.43. The molecule has 1 aliphatic rings. The van der Waals surface area contributed by atoms with Crippen LogP contribution in [-0.2, 0) is 4.79 Å². The Bertz CT molecular complexity index is 894. The number of hydrogen-bond donors (Lipinski definition) is 3.